The molecule has 6 nitrogen and oxygen atoms in total. The van der Waals surface area contributed by atoms with Crippen LogP contribution in [-0.4, -0.2) is 37.0 Å². The molecule has 3 N–H and O–H groups in total. The Bertz CT molecular complexity index is 416. The summed E-state index contributed by atoms with van der Waals surface area (Å²) in [5.41, 5.74) is 0.665. The summed E-state index contributed by atoms with van der Waals surface area (Å²) >= 11 is 0. The van der Waals surface area contributed by atoms with Crippen molar-refractivity contribution in [3.8, 4) is 0 Å². The Morgan fingerprint density at radius 1 is 1.56 bits per heavy atom. The van der Waals surface area contributed by atoms with E-state index in [-0.39, 0.29) is 12.5 Å². The first kappa shape index (κ1) is 13.7. The summed E-state index contributed by atoms with van der Waals surface area (Å²) in [5.74, 6) is 0.390. The summed E-state index contributed by atoms with van der Waals surface area (Å²) in [5, 5.41) is 8.56. The second-order valence-electron chi connectivity index (χ2n) is 3.39. The van der Waals surface area contributed by atoms with Crippen LogP contribution in [0, 0.1) is 0 Å². The normalized spacial score (nSPS) is 10.6. The number of pyridine rings is 1. The Morgan fingerprint density at radius 3 is 3.00 bits per heavy atom. The van der Waals surface area contributed by atoms with Crippen LogP contribution in [-0.2, 0) is 4.79 Å². The zero-order valence-corrected chi connectivity index (χ0v) is 10.3. The molecule has 0 saturated carbocycles. The van der Waals surface area contributed by atoms with Gasteiger partial charge in [-0.15, -0.1) is 6.58 Å². The lowest BCUT2D eigenvalue weighted by Gasteiger charge is -2.10. The van der Waals surface area contributed by atoms with Gasteiger partial charge >= 0.3 is 0 Å². The fraction of sp³-hybridized carbons (Fsp3) is 0.250. The highest BCUT2D eigenvalue weighted by Gasteiger charge is 2.03. The van der Waals surface area contributed by atoms with Gasteiger partial charge in [0.2, 0.25) is 5.91 Å². The molecule has 1 amide bonds. The van der Waals surface area contributed by atoms with Crippen molar-refractivity contribution >= 4 is 17.6 Å². The van der Waals surface area contributed by atoms with Crippen LogP contribution in [0.1, 0.15) is 0 Å². The number of carbonyl (C=O) groups excluding carboxylic acids is 1. The highest BCUT2D eigenvalue weighted by molar-refractivity contribution is 5.94. The van der Waals surface area contributed by atoms with Gasteiger partial charge in [0, 0.05) is 19.8 Å². The van der Waals surface area contributed by atoms with Gasteiger partial charge in [-0.3, -0.25) is 14.8 Å². The summed E-state index contributed by atoms with van der Waals surface area (Å²) in [6.07, 6.45) is 4.94. The van der Waals surface area contributed by atoms with Crippen LogP contribution in [0.2, 0.25) is 0 Å². The van der Waals surface area contributed by atoms with Crippen molar-refractivity contribution in [3.05, 3.63) is 37.2 Å². The number of nitrogens with zero attached hydrogens (tertiary/aromatic N) is 2. The van der Waals surface area contributed by atoms with Gasteiger partial charge in [-0.25, -0.2) is 0 Å². The molecule has 96 valence electrons. The molecule has 1 rings (SSSR count). The van der Waals surface area contributed by atoms with Gasteiger partial charge in [-0.2, -0.15) is 0 Å². The van der Waals surface area contributed by atoms with Crippen molar-refractivity contribution in [2.75, 3.05) is 25.5 Å². The predicted octanol–water partition coefficient (Wildman–Crippen LogP) is 0.371. The fourth-order valence-corrected chi connectivity index (χ4v) is 1.20. The van der Waals surface area contributed by atoms with Gasteiger partial charge in [-0.1, -0.05) is 6.08 Å². The average molecular weight is 247 g/mol. The van der Waals surface area contributed by atoms with Gasteiger partial charge in [0.15, 0.2) is 5.96 Å². The largest absolute Gasteiger partial charge is 0.353 e. The maximum atomic E-state index is 11.6. The smallest absolute Gasteiger partial charge is 0.243 e. The molecule has 0 atom stereocenters. The Balaban J connectivity index is 2.34. The molecule has 1 aromatic heterocycles. The van der Waals surface area contributed by atoms with Crippen LogP contribution in [0.5, 0.6) is 0 Å². The monoisotopic (exact) mass is 247 g/mol. The first-order valence-electron chi connectivity index (χ1n) is 5.51. The summed E-state index contributed by atoms with van der Waals surface area (Å²) in [4.78, 5) is 19.5. The van der Waals surface area contributed by atoms with E-state index in [2.05, 4.69) is 32.5 Å². The quantitative estimate of drug-likeness (QED) is 0.399. The molecule has 0 radical (unpaired) electrons. The number of hydrogen-bond acceptors (Lipinski definition) is 3. The molecule has 6 heteroatoms. The van der Waals surface area contributed by atoms with Crippen LogP contribution in [0.3, 0.4) is 0 Å². The lowest BCUT2D eigenvalue weighted by Crippen LogP contribution is -2.41. The molecule has 18 heavy (non-hydrogen) atoms. The number of anilines is 1. The highest BCUT2D eigenvalue weighted by Crippen LogP contribution is 2.01. The second-order valence-corrected chi connectivity index (χ2v) is 3.39. The molecular formula is C12H17N5O. The van der Waals surface area contributed by atoms with Crippen LogP contribution < -0.4 is 16.0 Å². The molecule has 1 aromatic rings. The SMILES string of the molecule is C=CCNC(=NC)NCC(=O)Nc1cccnc1. The van der Waals surface area contributed by atoms with E-state index in [4.69, 9.17) is 0 Å². The van der Waals surface area contributed by atoms with E-state index in [9.17, 15) is 4.79 Å². The van der Waals surface area contributed by atoms with E-state index in [1.54, 1.807) is 37.7 Å². The maximum Gasteiger partial charge on any atom is 0.243 e. The minimum absolute atomic E-state index is 0.131. The van der Waals surface area contributed by atoms with E-state index >= 15 is 0 Å². The molecule has 0 bridgehead atoms. The van der Waals surface area contributed by atoms with Gasteiger partial charge in [-0.05, 0) is 12.1 Å². The van der Waals surface area contributed by atoms with Gasteiger partial charge in [0.25, 0.3) is 0 Å². The third-order valence-electron chi connectivity index (χ3n) is 2.00. The third kappa shape index (κ3) is 5.11. The second kappa shape index (κ2) is 7.83. The molecule has 0 aliphatic carbocycles. The molecule has 0 unspecified atom stereocenters. The van der Waals surface area contributed by atoms with E-state index in [1.165, 1.54) is 0 Å². The number of aromatic nitrogens is 1. The van der Waals surface area contributed by atoms with Gasteiger partial charge in [0.1, 0.15) is 0 Å². The molecule has 0 aliphatic rings. The Kier molecular flexibility index (Phi) is 5.96. The number of guanidine groups is 1. The van der Waals surface area contributed by atoms with Crippen molar-refractivity contribution in [1.82, 2.24) is 15.6 Å². The topological polar surface area (TPSA) is 78.4 Å². The molecule has 0 fully saturated rings. The van der Waals surface area contributed by atoms with Gasteiger partial charge in [0.05, 0.1) is 18.4 Å². The molecule has 0 aromatic carbocycles. The summed E-state index contributed by atoms with van der Waals surface area (Å²) < 4.78 is 0. The van der Waals surface area contributed by atoms with Crippen LogP contribution in [0.25, 0.3) is 0 Å². The summed E-state index contributed by atoms with van der Waals surface area (Å²) in [6.45, 7) is 4.30. The highest BCUT2D eigenvalue weighted by atomic mass is 16.1. The average Bonchev–Trinajstić information content (AvgIpc) is 2.40. The number of rotatable bonds is 5. The van der Waals surface area contributed by atoms with Crippen molar-refractivity contribution in [1.29, 1.82) is 0 Å². The number of carbonyl (C=O) groups is 1. The summed E-state index contributed by atoms with van der Waals surface area (Å²) in [6, 6.07) is 3.53. The van der Waals surface area contributed by atoms with Crippen molar-refractivity contribution in [2.45, 2.75) is 0 Å². The van der Waals surface area contributed by atoms with Crippen molar-refractivity contribution in [2.24, 2.45) is 4.99 Å². The number of nitrogens with one attached hydrogen (secondary N) is 3. The Labute approximate surface area is 106 Å². The zero-order valence-electron chi connectivity index (χ0n) is 10.3. The van der Waals surface area contributed by atoms with Crippen LogP contribution >= 0.6 is 0 Å². The van der Waals surface area contributed by atoms with Crippen molar-refractivity contribution in [3.63, 3.8) is 0 Å². The predicted molar refractivity (Wildman–Crippen MR) is 72.4 cm³/mol. The standard InChI is InChI=1S/C12H17N5O/c1-3-6-15-12(13-2)16-9-11(18)17-10-5-4-7-14-8-10/h3-5,7-8H,1,6,9H2,2H3,(H,17,18)(H2,13,15,16). The minimum Gasteiger partial charge on any atom is -0.353 e. The van der Waals surface area contributed by atoms with E-state index in [0.717, 1.165) is 0 Å². The Morgan fingerprint density at radius 2 is 2.39 bits per heavy atom. The first-order chi connectivity index (χ1) is 8.76. The first-order valence-corrected chi connectivity index (χ1v) is 5.51. The third-order valence-corrected chi connectivity index (χ3v) is 2.00. The maximum absolute atomic E-state index is 11.6. The van der Waals surface area contributed by atoms with Crippen molar-refractivity contribution < 1.29 is 4.79 Å². The van der Waals surface area contributed by atoms with Crippen LogP contribution in [0.15, 0.2) is 42.2 Å². The van der Waals surface area contributed by atoms with Crippen LogP contribution in [0.4, 0.5) is 5.69 Å². The molecule has 0 saturated heterocycles. The fourth-order valence-electron chi connectivity index (χ4n) is 1.20. The molecule has 0 aliphatic heterocycles. The number of amides is 1. The Hall–Kier alpha value is -2.37. The minimum atomic E-state index is -0.162. The summed E-state index contributed by atoms with van der Waals surface area (Å²) in [7, 11) is 1.64. The lowest BCUT2D eigenvalue weighted by molar-refractivity contribution is -0.115. The molecular weight excluding hydrogens is 230 g/mol. The van der Waals surface area contributed by atoms with Gasteiger partial charge < -0.3 is 16.0 Å². The number of hydrogen-bond donors (Lipinski definition) is 3. The molecule has 0 spiro atoms. The van der Waals surface area contributed by atoms with E-state index in [1.807, 2.05) is 0 Å². The van der Waals surface area contributed by atoms with E-state index < -0.39 is 0 Å². The number of aliphatic imine (C=N–C) groups is 1. The lowest BCUT2D eigenvalue weighted by atomic mass is 10.4. The van der Waals surface area contributed by atoms with E-state index in [0.29, 0.717) is 18.2 Å². The molecule has 1 heterocycles. The zero-order chi connectivity index (χ0) is 13.2.